The SMILES string of the molecule is Cc1c(C(=O)Nc2nc(C(C)(C)C)cs2)sc2ccc(Cl)cc12. The molecule has 3 aromatic rings. The molecule has 3 rings (SSSR count). The first kappa shape index (κ1) is 16.4. The minimum atomic E-state index is -0.116. The average Bonchev–Trinajstić information content (AvgIpc) is 3.04. The van der Waals surface area contributed by atoms with E-state index in [-0.39, 0.29) is 11.3 Å². The predicted molar refractivity (Wildman–Crippen MR) is 100 cm³/mol. The Morgan fingerprint density at radius 3 is 2.70 bits per heavy atom. The summed E-state index contributed by atoms with van der Waals surface area (Å²) in [6.45, 7) is 8.26. The minimum absolute atomic E-state index is 0.0241. The van der Waals surface area contributed by atoms with Crippen LogP contribution < -0.4 is 5.32 Å². The van der Waals surface area contributed by atoms with Gasteiger partial charge in [0.15, 0.2) is 5.13 Å². The summed E-state index contributed by atoms with van der Waals surface area (Å²) in [5.74, 6) is -0.116. The minimum Gasteiger partial charge on any atom is -0.297 e. The maximum absolute atomic E-state index is 12.6. The molecule has 0 aliphatic rings. The van der Waals surface area contributed by atoms with E-state index in [0.717, 1.165) is 21.3 Å². The number of carbonyl (C=O) groups is 1. The molecule has 0 aliphatic heterocycles. The van der Waals surface area contributed by atoms with Gasteiger partial charge in [0.1, 0.15) is 0 Å². The summed E-state index contributed by atoms with van der Waals surface area (Å²) in [5, 5.41) is 7.25. The standard InChI is InChI=1S/C17H17ClN2OS2/c1-9-11-7-10(18)5-6-12(11)23-14(9)15(21)20-16-19-13(8-22-16)17(2,3)4/h5-8H,1-4H3,(H,19,20,21). The maximum Gasteiger partial charge on any atom is 0.267 e. The molecule has 0 aliphatic carbocycles. The quantitative estimate of drug-likeness (QED) is 0.617. The van der Waals surface area contributed by atoms with Gasteiger partial charge in [0.25, 0.3) is 5.91 Å². The Bertz CT molecular complexity index is 890. The summed E-state index contributed by atoms with van der Waals surface area (Å²) in [4.78, 5) is 17.8. The molecule has 0 saturated heterocycles. The van der Waals surface area contributed by atoms with Crippen LogP contribution in [-0.2, 0) is 5.41 Å². The molecule has 2 heterocycles. The number of halogens is 1. The van der Waals surface area contributed by atoms with Gasteiger partial charge < -0.3 is 0 Å². The van der Waals surface area contributed by atoms with Crippen molar-refractivity contribution < 1.29 is 4.79 Å². The monoisotopic (exact) mass is 364 g/mol. The molecule has 2 aromatic heterocycles. The van der Waals surface area contributed by atoms with Crippen LogP contribution in [0.15, 0.2) is 23.6 Å². The number of nitrogens with one attached hydrogen (secondary N) is 1. The second-order valence-corrected chi connectivity index (χ2v) is 8.79. The van der Waals surface area contributed by atoms with E-state index in [1.807, 2.05) is 30.5 Å². The highest BCUT2D eigenvalue weighted by Gasteiger charge is 2.20. The van der Waals surface area contributed by atoms with Crippen molar-refractivity contribution in [2.75, 3.05) is 5.32 Å². The number of benzene rings is 1. The summed E-state index contributed by atoms with van der Waals surface area (Å²) in [6, 6.07) is 5.70. The first-order valence-electron chi connectivity index (χ1n) is 7.22. The molecule has 120 valence electrons. The van der Waals surface area contributed by atoms with Crippen molar-refractivity contribution in [2.45, 2.75) is 33.1 Å². The first-order chi connectivity index (χ1) is 10.8. The first-order valence-corrected chi connectivity index (χ1v) is 9.29. The molecular weight excluding hydrogens is 348 g/mol. The van der Waals surface area contributed by atoms with Gasteiger partial charge in [-0.3, -0.25) is 10.1 Å². The smallest absolute Gasteiger partial charge is 0.267 e. The van der Waals surface area contributed by atoms with Gasteiger partial charge in [0, 0.05) is 20.5 Å². The van der Waals surface area contributed by atoms with Crippen LogP contribution in [0.1, 0.15) is 41.7 Å². The summed E-state index contributed by atoms with van der Waals surface area (Å²) in [5.41, 5.74) is 1.92. The lowest BCUT2D eigenvalue weighted by Gasteiger charge is -2.14. The lowest BCUT2D eigenvalue weighted by atomic mass is 9.93. The van der Waals surface area contributed by atoms with Crippen LogP contribution in [0.5, 0.6) is 0 Å². The molecule has 6 heteroatoms. The Morgan fingerprint density at radius 1 is 1.30 bits per heavy atom. The number of amides is 1. The van der Waals surface area contributed by atoms with E-state index in [2.05, 4.69) is 31.1 Å². The molecule has 0 bridgehead atoms. The maximum atomic E-state index is 12.6. The van der Waals surface area contributed by atoms with E-state index in [4.69, 9.17) is 11.6 Å². The van der Waals surface area contributed by atoms with E-state index < -0.39 is 0 Å². The number of thiophene rings is 1. The third-order valence-corrected chi connectivity index (χ3v) is 5.86. The van der Waals surface area contributed by atoms with Crippen LogP contribution in [-0.4, -0.2) is 10.9 Å². The van der Waals surface area contributed by atoms with Crippen molar-refractivity contribution in [3.05, 3.63) is 44.7 Å². The van der Waals surface area contributed by atoms with E-state index in [1.54, 1.807) is 0 Å². The second-order valence-electron chi connectivity index (χ2n) is 6.44. The van der Waals surface area contributed by atoms with Crippen molar-refractivity contribution in [1.29, 1.82) is 0 Å². The largest absolute Gasteiger partial charge is 0.297 e. The third-order valence-electron chi connectivity index (χ3n) is 3.60. The Balaban J connectivity index is 1.89. The van der Waals surface area contributed by atoms with Gasteiger partial charge in [0.2, 0.25) is 0 Å². The van der Waals surface area contributed by atoms with Crippen LogP contribution in [0, 0.1) is 6.92 Å². The van der Waals surface area contributed by atoms with Gasteiger partial charge in [-0.2, -0.15) is 0 Å². The van der Waals surface area contributed by atoms with Gasteiger partial charge in [-0.25, -0.2) is 4.98 Å². The number of fused-ring (bicyclic) bond motifs is 1. The number of aromatic nitrogens is 1. The number of hydrogen-bond acceptors (Lipinski definition) is 4. The molecule has 3 nitrogen and oxygen atoms in total. The van der Waals surface area contributed by atoms with Gasteiger partial charge in [-0.1, -0.05) is 32.4 Å². The molecule has 0 fully saturated rings. The van der Waals surface area contributed by atoms with Gasteiger partial charge >= 0.3 is 0 Å². The van der Waals surface area contributed by atoms with Crippen molar-refractivity contribution in [2.24, 2.45) is 0 Å². The Hall–Kier alpha value is -1.43. The van der Waals surface area contributed by atoms with Crippen molar-refractivity contribution in [3.63, 3.8) is 0 Å². The van der Waals surface area contributed by atoms with E-state index in [0.29, 0.717) is 15.0 Å². The van der Waals surface area contributed by atoms with Crippen LogP contribution >= 0.6 is 34.3 Å². The third kappa shape index (κ3) is 3.27. The van der Waals surface area contributed by atoms with Crippen molar-refractivity contribution in [3.8, 4) is 0 Å². The Kier molecular flexibility index (Phi) is 4.21. The van der Waals surface area contributed by atoms with Gasteiger partial charge in [0.05, 0.1) is 10.6 Å². The molecule has 0 radical (unpaired) electrons. The number of aryl methyl sites for hydroxylation is 1. The van der Waals surface area contributed by atoms with Crippen LogP contribution in [0.3, 0.4) is 0 Å². The van der Waals surface area contributed by atoms with Crippen molar-refractivity contribution >= 4 is 55.4 Å². The number of carbonyl (C=O) groups excluding carboxylic acids is 1. The summed E-state index contributed by atoms with van der Waals surface area (Å²) in [6.07, 6.45) is 0. The Labute approximate surface area is 148 Å². The number of hydrogen-bond donors (Lipinski definition) is 1. The molecule has 0 unspecified atom stereocenters. The topological polar surface area (TPSA) is 42.0 Å². The molecule has 1 N–H and O–H groups in total. The molecule has 23 heavy (non-hydrogen) atoms. The zero-order valence-corrected chi connectivity index (χ0v) is 15.7. The second kappa shape index (κ2) is 5.89. The number of rotatable bonds is 2. The highest BCUT2D eigenvalue weighted by Crippen LogP contribution is 2.33. The fraction of sp³-hybridized carbons (Fsp3) is 0.294. The number of thiazole rings is 1. The highest BCUT2D eigenvalue weighted by atomic mass is 35.5. The zero-order valence-electron chi connectivity index (χ0n) is 13.4. The Morgan fingerprint density at radius 2 is 2.04 bits per heavy atom. The lowest BCUT2D eigenvalue weighted by Crippen LogP contribution is -2.14. The predicted octanol–water partition coefficient (Wildman–Crippen LogP) is 5.87. The normalized spacial score (nSPS) is 11.9. The van der Waals surface area contributed by atoms with Crippen LogP contribution in [0.2, 0.25) is 5.02 Å². The number of anilines is 1. The van der Waals surface area contributed by atoms with Crippen LogP contribution in [0.4, 0.5) is 5.13 Å². The van der Waals surface area contributed by atoms with Gasteiger partial charge in [-0.05, 0) is 36.1 Å². The molecular formula is C17H17ClN2OS2. The fourth-order valence-electron chi connectivity index (χ4n) is 2.24. The summed E-state index contributed by atoms with van der Waals surface area (Å²) < 4.78 is 1.06. The fourth-order valence-corrected chi connectivity index (χ4v) is 4.43. The molecule has 1 amide bonds. The lowest BCUT2D eigenvalue weighted by molar-refractivity contribution is 0.103. The van der Waals surface area contributed by atoms with Crippen LogP contribution in [0.25, 0.3) is 10.1 Å². The van der Waals surface area contributed by atoms with E-state index >= 15 is 0 Å². The summed E-state index contributed by atoms with van der Waals surface area (Å²) in [7, 11) is 0. The molecule has 0 atom stereocenters. The van der Waals surface area contributed by atoms with Crippen molar-refractivity contribution in [1.82, 2.24) is 4.98 Å². The van der Waals surface area contributed by atoms with E-state index in [1.165, 1.54) is 22.7 Å². The van der Waals surface area contributed by atoms with E-state index in [9.17, 15) is 4.79 Å². The highest BCUT2D eigenvalue weighted by molar-refractivity contribution is 7.21. The molecule has 1 aromatic carbocycles. The molecule has 0 spiro atoms. The zero-order chi connectivity index (χ0) is 16.8. The average molecular weight is 365 g/mol. The molecule has 0 saturated carbocycles. The summed E-state index contributed by atoms with van der Waals surface area (Å²) >= 11 is 8.98. The number of nitrogens with zero attached hydrogens (tertiary/aromatic N) is 1. The van der Waals surface area contributed by atoms with Gasteiger partial charge in [-0.15, -0.1) is 22.7 Å².